The second-order valence-electron chi connectivity index (χ2n) is 12.6. The summed E-state index contributed by atoms with van der Waals surface area (Å²) < 4.78 is 8.45. The third-order valence-electron chi connectivity index (χ3n) is 9.63. The fraction of sp³-hybridized carbons (Fsp3) is 0. The zero-order chi connectivity index (χ0) is 33.0. The Morgan fingerprint density at radius 2 is 0.900 bits per heavy atom. The first kappa shape index (κ1) is 28.3. The van der Waals surface area contributed by atoms with Crippen molar-refractivity contribution in [2.45, 2.75) is 0 Å². The Morgan fingerprint density at radius 3 is 1.62 bits per heavy atom. The summed E-state index contributed by atoms with van der Waals surface area (Å²) >= 11 is 0. The number of fused-ring (bicyclic) bond motifs is 6. The zero-order valence-electron chi connectivity index (χ0n) is 27.0. The molecule has 0 aliphatic carbocycles. The number of furan rings is 1. The summed E-state index contributed by atoms with van der Waals surface area (Å²) in [7, 11) is 0. The highest BCUT2D eigenvalue weighted by atomic mass is 16.3. The lowest BCUT2D eigenvalue weighted by atomic mass is 10.0. The SMILES string of the molecule is c1ccc(-c2cc(-c3ccccc3)nc(-c3ccc(-n4c5ccccc5c5cc(-c6ccc7oc8ccccc8c7c6)ccc54)cc3)n2)cc1. The third kappa shape index (κ3) is 4.69. The van der Waals surface area contributed by atoms with E-state index < -0.39 is 0 Å². The van der Waals surface area contributed by atoms with Crippen LogP contribution in [0, 0.1) is 0 Å². The molecule has 0 atom stereocenters. The van der Waals surface area contributed by atoms with Gasteiger partial charge in [0.2, 0.25) is 0 Å². The summed E-state index contributed by atoms with van der Waals surface area (Å²) in [6.07, 6.45) is 0. The molecule has 4 nitrogen and oxygen atoms in total. The van der Waals surface area contributed by atoms with Gasteiger partial charge in [-0.25, -0.2) is 9.97 Å². The van der Waals surface area contributed by atoms with E-state index >= 15 is 0 Å². The second kappa shape index (κ2) is 11.4. The minimum Gasteiger partial charge on any atom is -0.456 e. The van der Waals surface area contributed by atoms with Gasteiger partial charge >= 0.3 is 0 Å². The van der Waals surface area contributed by atoms with Gasteiger partial charge in [0, 0.05) is 43.9 Å². The smallest absolute Gasteiger partial charge is 0.160 e. The van der Waals surface area contributed by atoms with E-state index in [9.17, 15) is 0 Å². The molecule has 4 heteroatoms. The Bertz CT molecular complexity index is 2790. The molecule has 0 spiro atoms. The van der Waals surface area contributed by atoms with Crippen LogP contribution in [0.15, 0.2) is 180 Å². The minimum absolute atomic E-state index is 0.700. The lowest BCUT2D eigenvalue weighted by molar-refractivity contribution is 0.669. The maximum absolute atomic E-state index is 6.10. The molecule has 7 aromatic carbocycles. The van der Waals surface area contributed by atoms with Crippen LogP contribution in [-0.4, -0.2) is 14.5 Å². The van der Waals surface area contributed by atoms with E-state index in [1.165, 1.54) is 21.9 Å². The van der Waals surface area contributed by atoms with Crippen molar-refractivity contribution in [3.05, 3.63) is 176 Å². The molecule has 0 bridgehead atoms. The molecule has 0 aliphatic rings. The average molecular weight is 640 g/mol. The van der Waals surface area contributed by atoms with Crippen LogP contribution >= 0.6 is 0 Å². The van der Waals surface area contributed by atoms with Gasteiger partial charge in [-0.15, -0.1) is 0 Å². The van der Waals surface area contributed by atoms with Gasteiger partial charge < -0.3 is 8.98 Å². The highest BCUT2D eigenvalue weighted by molar-refractivity contribution is 6.11. The highest BCUT2D eigenvalue weighted by Gasteiger charge is 2.16. The molecule has 50 heavy (non-hydrogen) atoms. The van der Waals surface area contributed by atoms with Gasteiger partial charge in [0.1, 0.15) is 11.2 Å². The Balaban J connectivity index is 1.07. The standard InChI is InChI=1S/C46H29N3O/c1-3-11-30(12-4-1)40-29-41(31-13-5-2-6-14-31)48-46(47-40)32-19-23-35(24-20-32)49-42-17-9-7-15-36(42)38-27-33(21-25-43(38)49)34-22-26-45-39(28-34)37-16-8-10-18-44(37)50-45/h1-29H. The van der Waals surface area contributed by atoms with Gasteiger partial charge in [-0.1, -0.05) is 109 Å². The van der Waals surface area contributed by atoms with Crippen LogP contribution in [-0.2, 0) is 0 Å². The fourth-order valence-electron chi connectivity index (χ4n) is 7.19. The van der Waals surface area contributed by atoms with Gasteiger partial charge in [-0.05, 0) is 77.9 Å². The van der Waals surface area contributed by atoms with Gasteiger partial charge in [-0.2, -0.15) is 0 Å². The van der Waals surface area contributed by atoms with E-state index in [1.807, 2.05) is 48.5 Å². The number of para-hydroxylation sites is 2. The monoisotopic (exact) mass is 639 g/mol. The van der Waals surface area contributed by atoms with Crippen LogP contribution < -0.4 is 0 Å². The average Bonchev–Trinajstić information content (AvgIpc) is 3.73. The molecular weight excluding hydrogens is 611 g/mol. The quantitative estimate of drug-likeness (QED) is 0.188. The summed E-state index contributed by atoms with van der Waals surface area (Å²) in [6.45, 7) is 0. The van der Waals surface area contributed by atoms with Crippen molar-refractivity contribution in [1.82, 2.24) is 14.5 Å². The van der Waals surface area contributed by atoms with E-state index in [0.29, 0.717) is 5.82 Å². The summed E-state index contributed by atoms with van der Waals surface area (Å²) in [5.74, 6) is 0.700. The van der Waals surface area contributed by atoms with Crippen molar-refractivity contribution in [2.24, 2.45) is 0 Å². The molecule has 10 aromatic rings. The first-order chi connectivity index (χ1) is 24.8. The largest absolute Gasteiger partial charge is 0.456 e. The third-order valence-corrected chi connectivity index (χ3v) is 9.63. The van der Waals surface area contributed by atoms with Crippen LogP contribution in [0.4, 0.5) is 0 Å². The summed E-state index contributed by atoms with van der Waals surface area (Å²) in [5.41, 5.74) is 12.5. The van der Waals surface area contributed by atoms with Crippen LogP contribution in [0.5, 0.6) is 0 Å². The summed E-state index contributed by atoms with van der Waals surface area (Å²) in [6, 6.07) is 61.4. The number of hydrogen-bond acceptors (Lipinski definition) is 3. The first-order valence-corrected chi connectivity index (χ1v) is 16.8. The zero-order valence-corrected chi connectivity index (χ0v) is 27.0. The van der Waals surface area contributed by atoms with E-state index in [1.54, 1.807) is 0 Å². The Kier molecular flexibility index (Phi) is 6.46. The maximum atomic E-state index is 6.10. The lowest BCUT2D eigenvalue weighted by Gasteiger charge is -2.11. The molecule has 0 amide bonds. The van der Waals surface area contributed by atoms with Crippen LogP contribution in [0.1, 0.15) is 0 Å². The Morgan fingerprint density at radius 1 is 0.360 bits per heavy atom. The lowest BCUT2D eigenvalue weighted by Crippen LogP contribution is -1.97. The predicted octanol–water partition coefficient (Wildman–Crippen LogP) is 12.1. The highest BCUT2D eigenvalue weighted by Crippen LogP contribution is 2.37. The maximum Gasteiger partial charge on any atom is 0.160 e. The van der Waals surface area contributed by atoms with Gasteiger partial charge in [0.15, 0.2) is 5.82 Å². The van der Waals surface area contributed by atoms with Crippen LogP contribution in [0.2, 0.25) is 0 Å². The molecule has 234 valence electrons. The molecular formula is C46H29N3O. The van der Waals surface area contributed by atoms with Crippen LogP contribution in [0.25, 0.3) is 94.5 Å². The Labute approximate surface area is 288 Å². The summed E-state index contributed by atoms with van der Waals surface area (Å²) in [5, 5.41) is 4.70. The van der Waals surface area contributed by atoms with Crippen molar-refractivity contribution in [2.75, 3.05) is 0 Å². The molecule has 3 heterocycles. The van der Waals surface area contributed by atoms with E-state index in [2.05, 4.69) is 132 Å². The second-order valence-corrected chi connectivity index (χ2v) is 12.6. The van der Waals surface area contributed by atoms with Gasteiger partial charge in [-0.3, -0.25) is 0 Å². The van der Waals surface area contributed by atoms with Gasteiger partial charge in [0.05, 0.1) is 22.4 Å². The molecule has 0 N–H and O–H groups in total. The van der Waals surface area contributed by atoms with E-state index in [4.69, 9.17) is 14.4 Å². The number of aromatic nitrogens is 3. The van der Waals surface area contributed by atoms with E-state index in [0.717, 1.165) is 66.7 Å². The number of rotatable bonds is 5. The normalized spacial score (nSPS) is 11.6. The van der Waals surface area contributed by atoms with Crippen molar-refractivity contribution >= 4 is 43.7 Å². The van der Waals surface area contributed by atoms with Crippen molar-refractivity contribution in [3.63, 3.8) is 0 Å². The van der Waals surface area contributed by atoms with Crippen molar-refractivity contribution in [3.8, 4) is 50.7 Å². The predicted molar refractivity (Wildman–Crippen MR) is 205 cm³/mol. The summed E-state index contributed by atoms with van der Waals surface area (Å²) in [4.78, 5) is 10.1. The number of hydrogen-bond donors (Lipinski definition) is 0. The molecule has 0 aliphatic heterocycles. The topological polar surface area (TPSA) is 43.9 Å². The molecule has 0 fully saturated rings. The van der Waals surface area contributed by atoms with Crippen molar-refractivity contribution in [1.29, 1.82) is 0 Å². The molecule has 0 saturated carbocycles. The van der Waals surface area contributed by atoms with Gasteiger partial charge in [0.25, 0.3) is 0 Å². The fourth-order valence-corrected chi connectivity index (χ4v) is 7.19. The van der Waals surface area contributed by atoms with Crippen LogP contribution in [0.3, 0.4) is 0 Å². The number of benzene rings is 7. The molecule has 10 rings (SSSR count). The Hall–Kier alpha value is -6.78. The van der Waals surface area contributed by atoms with E-state index in [-0.39, 0.29) is 0 Å². The molecule has 0 saturated heterocycles. The molecule has 0 unspecified atom stereocenters. The minimum atomic E-state index is 0.700. The first-order valence-electron chi connectivity index (χ1n) is 16.8. The van der Waals surface area contributed by atoms with Crippen molar-refractivity contribution < 1.29 is 4.42 Å². The molecule has 3 aromatic heterocycles. The number of nitrogens with zero attached hydrogens (tertiary/aromatic N) is 3. The molecule has 0 radical (unpaired) electrons.